The van der Waals surface area contributed by atoms with Crippen molar-refractivity contribution in [3.63, 3.8) is 0 Å². The third-order valence-electron chi connectivity index (χ3n) is 7.67. The van der Waals surface area contributed by atoms with Crippen LogP contribution in [0, 0.1) is 41.9 Å². The van der Waals surface area contributed by atoms with Crippen LogP contribution in [0.4, 0.5) is 0 Å². The van der Waals surface area contributed by atoms with Crippen molar-refractivity contribution < 1.29 is 0 Å². The van der Waals surface area contributed by atoms with E-state index in [9.17, 15) is 0 Å². The van der Waals surface area contributed by atoms with Gasteiger partial charge in [-0.05, 0) is 87.5 Å². The first-order chi connectivity index (χ1) is 15.3. The zero-order valence-electron chi connectivity index (χ0n) is 20.0. The minimum Gasteiger partial charge on any atom is -0.384 e. The van der Waals surface area contributed by atoms with Crippen LogP contribution in [0.1, 0.15) is 37.4 Å². The van der Waals surface area contributed by atoms with Crippen LogP contribution < -0.4 is 5.73 Å². The van der Waals surface area contributed by atoms with Crippen molar-refractivity contribution in [3.05, 3.63) is 53.4 Å². The van der Waals surface area contributed by atoms with Crippen LogP contribution in [0.5, 0.6) is 0 Å². The lowest BCUT2D eigenvalue weighted by atomic mass is 9.89. The molecule has 0 saturated heterocycles. The Hall–Kier alpha value is -2.47. The van der Waals surface area contributed by atoms with Gasteiger partial charge in [-0.1, -0.05) is 23.8 Å². The van der Waals surface area contributed by atoms with E-state index in [-0.39, 0.29) is 0 Å². The van der Waals surface area contributed by atoms with Crippen molar-refractivity contribution in [2.45, 2.75) is 33.1 Å². The van der Waals surface area contributed by atoms with Gasteiger partial charge in [0.25, 0.3) is 0 Å². The molecule has 1 aromatic rings. The standard InChI is InChI=1S/C26H38N6/c1-17-5-7-21(23(17)16-31(3)15-22-12-19-6-8-20(22)11-19)14-29-25(28)10-9-24(27)26-18(2)13-30-32(26)4/h5-6,8-10,13,19-23,27H,7,11-12,14-16H2,1-4H3,(H2,28,29)/b10-9-,27-24?. The molecule has 4 rings (SSSR count). The quantitative estimate of drug-likeness (QED) is 0.353. The molecule has 0 aliphatic heterocycles. The van der Waals surface area contributed by atoms with Crippen molar-refractivity contribution in [2.24, 2.45) is 47.4 Å². The molecule has 6 nitrogen and oxygen atoms in total. The van der Waals surface area contributed by atoms with E-state index in [4.69, 9.17) is 11.1 Å². The molecule has 3 aliphatic carbocycles. The van der Waals surface area contributed by atoms with Gasteiger partial charge in [-0.3, -0.25) is 15.1 Å². The van der Waals surface area contributed by atoms with Crippen molar-refractivity contribution >= 4 is 11.5 Å². The van der Waals surface area contributed by atoms with Gasteiger partial charge in [0.05, 0.1) is 17.6 Å². The normalized spacial score (nSPS) is 29.6. The summed E-state index contributed by atoms with van der Waals surface area (Å²) in [6.07, 6.45) is 16.3. The topological polar surface area (TPSA) is 83.3 Å². The lowest BCUT2D eigenvalue weighted by Crippen LogP contribution is -2.34. The first kappa shape index (κ1) is 22.7. The molecule has 1 saturated carbocycles. The van der Waals surface area contributed by atoms with Gasteiger partial charge in [-0.2, -0.15) is 5.10 Å². The van der Waals surface area contributed by atoms with Gasteiger partial charge in [0.15, 0.2) is 0 Å². The number of rotatable bonds is 9. The first-order valence-electron chi connectivity index (χ1n) is 11.9. The third-order valence-corrected chi connectivity index (χ3v) is 7.67. The molecule has 5 atom stereocenters. The summed E-state index contributed by atoms with van der Waals surface area (Å²) in [6.45, 7) is 7.26. The number of aliphatic imine (C=N–C) groups is 1. The SMILES string of the molecule is CC1=CCC(CN=C(N)/C=C\C(=N)c2c(C)cnn2C)C1CN(C)CC1CC2C=CC1C2. The number of nitrogens with two attached hydrogens (primary N) is 1. The second kappa shape index (κ2) is 9.57. The first-order valence-corrected chi connectivity index (χ1v) is 11.9. The van der Waals surface area contributed by atoms with E-state index in [0.717, 1.165) is 48.5 Å². The number of nitrogens with one attached hydrogen (secondary N) is 1. The Bertz CT molecular complexity index is 945. The van der Waals surface area contributed by atoms with E-state index in [1.165, 1.54) is 25.0 Å². The van der Waals surface area contributed by atoms with Gasteiger partial charge in [0.1, 0.15) is 5.84 Å². The number of nitrogens with zero attached hydrogens (tertiary/aromatic N) is 4. The molecule has 0 amide bonds. The van der Waals surface area contributed by atoms with Crippen molar-refractivity contribution in [2.75, 3.05) is 26.7 Å². The number of aromatic nitrogens is 2. The summed E-state index contributed by atoms with van der Waals surface area (Å²) >= 11 is 0. The minimum atomic E-state index is 0.397. The molecule has 6 heteroatoms. The van der Waals surface area contributed by atoms with Gasteiger partial charge >= 0.3 is 0 Å². The van der Waals surface area contributed by atoms with Crippen LogP contribution >= 0.6 is 0 Å². The van der Waals surface area contributed by atoms with Crippen molar-refractivity contribution in [1.29, 1.82) is 5.41 Å². The lowest BCUT2D eigenvalue weighted by molar-refractivity contribution is 0.212. The molecule has 172 valence electrons. The summed E-state index contributed by atoms with van der Waals surface area (Å²) < 4.78 is 1.72. The van der Waals surface area contributed by atoms with Crippen LogP contribution in [0.2, 0.25) is 0 Å². The molecule has 3 aliphatic rings. The second-order valence-corrected chi connectivity index (χ2v) is 10.1. The van der Waals surface area contributed by atoms with E-state index in [0.29, 0.717) is 23.4 Å². The summed E-state index contributed by atoms with van der Waals surface area (Å²) in [6, 6.07) is 0. The summed E-state index contributed by atoms with van der Waals surface area (Å²) in [5.74, 6) is 4.01. The summed E-state index contributed by atoms with van der Waals surface area (Å²) in [4.78, 5) is 7.20. The Kier molecular flexibility index (Phi) is 6.79. The molecular weight excluding hydrogens is 396 g/mol. The van der Waals surface area contributed by atoms with Crippen molar-refractivity contribution in [1.82, 2.24) is 14.7 Å². The smallest absolute Gasteiger partial charge is 0.118 e. The predicted octanol–water partition coefficient (Wildman–Crippen LogP) is 3.74. The Labute approximate surface area is 192 Å². The van der Waals surface area contributed by atoms with Gasteiger partial charge in [0, 0.05) is 26.7 Å². The molecule has 3 N–H and O–H groups in total. The highest BCUT2D eigenvalue weighted by Gasteiger charge is 2.36. The molecule has 1 fully saturated rings. The zero-order chi connectivity index (χ0) is 22.8. The fraction of sp³-hybridized carbons (Fsp3) is 0.577. The van der Waals surface area contributed by atoms with Gasteiger partial charge in [-0.15, -0.1) is 0 Å². The van der Waals surface area contributed by atoms with Gasteiger partial charge in [-0.25, -0.2) is 0 Å². The second-order valence-electron chi connectivity index (χ2n) is 10.1. The Morgan fingerprint density at radius 3 is 2.72 bits per heavy atom. The van der Waals surface area contributed by atoms with E-state index in [1.54, 1.807) is 23.0 Å². The summed E-state index contributed by atoms with van der Waals surface area (Å²) in [7, 11) is 4.13. The monoisotopic (exact) mass is 434 g/mol. The van der Waals surface area contributed by atoms with Crippen LogP contribution in [0.15, 0.2) is 47.1 Å². The average Bonchev–Trinajstić information content (AvgIpc) is 3.52. The van der Waals surface area contributed by atoms with Crippen molar-refractivity contribution in [3.8, 4) is 0 Å². The highest BCUT2D eigenvalue weighted by molar-refractivity contribution is 6.09. The molecular formula is C26H38N6. The molecule has 0 spiro atoms. The van der Waals surface area contributed by atoms with Crippen LogP contribution in [0.3, 0.4) is 0 Å². The largest absolute Gasteiger partial charge is 0.384 e. The minimum absolute atomic E-state index is 0.397. The number of hydrogen-bond acceptors (Lipinski definition) is 4. The maximum absolute atomic E-state index is 8.30. The lowest BCUT2D eigenvalue weighted by Gasteiger charge is -2.30. The third kappa shape index (κ3) is 4.96. The van der Waals surface area contributed by atoms with E-state index in [2.05, 4.69) is 47.2 Å². The molecule has 5 unspecified atom stereocenters. The highest BCUT2D eigenvalue weighted by Crippen LogP contribution is 2.43. The number of aryl methyl sites for hydroxylation is 2. The van der Waals surface area contributed by atoms with Crippen LogP contribution in [-0.2, 0) is 7.05 Å². The molecule has 2 bridgehead atoms. The fourth-order valence-corrected chi connectivity index (χ4v) is 5.89. The Morgan fingerprint density at radius 1 is 1.25 bits per heavy atom. The Morgan fingerprint density at radius 2 is 2.06 bits per heavy atom. The van der Waals surface area contributed by atoms with E-state index < -0.39 is 0 Å². The summed E-state index contributed by atoms with van der Waals surface area (Å²) in [5.41, 5.74) is 9.84. The molecule has 0 aromatic carbocycles. The van der Waals surface area contributed by atoms with E-state index in [1.807, 2.05) is 14.0 Å². The molecule has 1 heterocycles. The average molecular weight is 435 g/mol. The maximum atomic E-state index is 8.30. The Balaban J connectivity index is 1.30. The molecule has 1 aromatic heterocycles. The van der Waals surface area contributed by atoms with E-state index >= 15 is 0 Å². The maximum Gasteiger partial charge on any atom is 0.118 e. The number of amidine groups is 1. The number of fused-ring (bicyclic) bond motifs is 2. The number of hydrogen-bond donors (Lipinski definition) is 2. The number of allylic oxidation sites excluding steroid dienone is 4. The predicted molar refractivity (Wildman–Crippen MR) is 132 cm³/mol. The summed E-state index contributed by atoms with van der Waals surface area (Å²) in [5, 5.41) is 12.5. The van der Waals surface area contributed by atoms with Gasteiger partial charge in [0.2, 0.25) is 0 Å². The zero-order valence-corrected chi connectivity index (χ0v) is 20.0. The van der Waals surface area contributed by atoms with Crippen LogP contribution in [-0.4, -0.2) is 52.9 Å². The fourth-order valence-electron chi connectivity index (χ4n) is 5.89. The highest BCUT2D eigenvalue weighted by atomic mass is 15.3. The van der Waals surface area contributed by atoms with Gasteiger partial charge < -0.3 is 10.6 Å². The molecule has 32 heavy (non-hydrogen) atoms. The van der Waals surface area contributed by atoms with Crippen LogP contribution in [0.25, 0.3) is 0 Å². The molecule has 0 radical (unpaired) electrons.